The van der Waals surface area contributed by atoms with Gasteiger partial charge in [-0.15, -0.1) is 10.2 Å². The first-order valence-electron chi connectivity index (χ1n) is 6.57. The van der Waals surface area contributed by atoms with E-state index in [4.69, 9.17) is 20.8 Å². The lowest BCUT2D eigenvalue weighted by Gasteiger charge is -2.06. The van der Waals surface area contributed by atoms with E-state index in [9.17, 15) is 14.9 Å². The van der Waals surface area contributed by atoms with Gasteiger partial charge in [0.25, 0.3) is 5.69 Å². The maximum Gasteiger partial charge on any atom is 0.345 e. The number of ether oxygens (including phenoxy) is 1. The van der Waals surface area contributed by atoms with Gasteiger partial charge in [-0.1, -0.05) is 11.6 Å². The first-order chi connectivity index (χ1) is 11.5. The number of rotatable bonds is 4. The molecule has 0 aliphatic carbocycles. The van der Waals surface area contributed by atoms with E-state index in [-0.39, 0.29) is 22.0 Å². The molecule has 0 fully saturated rings. The van der Waals surface area contributed by atoms with Crippen LogP contribution in [0.3, 0.4) is 0 Å². The monoisotopic (exact) mass is 345 g/mol. The SMILES string of the molecule is O=C(Oc1ccc(-c2nnco2)cc1)c1ccc([N+](=O)[O-])cc1Cl. The first-order valence-corrected chi connectivity index (χ1v) is 6.95. The van der Waals surface area contributed by atoms with Crippen LogP contribution >= 0.6 is 11.6 Å². The van der Waals surface area contributed by atoms with Crippen molar-refractivity contribution in [2.75, 3.05) is 0 Å². The van der Waals surface area contributed by atoms with Crippen LogP contribution in [0.1, 0.15) is 10.4 Å². The maximum absolute atomic E-state index is 12.1. The summed E-state index contributed by atoms with van der Waals surface area (Å²) >= 11 is 5.89. The lowest BCUT2D eigenvalue weighted by molar-refractivity contribution is -0.384. The molecule has 0 atom stereocenters. The van der Waals surface area contributed by atoms with Crippen LogP contribution < -0.4 is 4.74 Å². The minimum absolute atomic E-state index is 0.0308. The first kappa shape index (κ1) is 15.6. The average molecular weight is 346 g/mol. The molecule has 3 rings (SSSR count). The summed E-state index contributed by atoms with van der Waals surface area (Å²) in [5, 5.41) is 17.9. The van der Waals surface area contributed by atoms with Gasteiger partial charge in [-0.3, -0.25) is 10.1 Å². The highest BCUT2D eigenvalue weighted by molar-refractivity contribution is 6.33. The van der Waals surface area contributed by atoms with Crippen LogP contribution in [0, 0.1) is 10.1 Å². The Bertz CT molecular complexity index is 894. The van der Waals surface area contributed by atoms with Gasteiger partial charge in [0, 0.05) is 17.7 Å². The Balaban J connectivity index is 1.76. The third kappa shape index (κ3) is 3.23. The highest BCUT2D eigenvalue weighted by Gasteiger charge is 2.17. The minimum atomic E-state index is -0.722. The van der Waals surface area contributed by atoms with Crippen molar-refractivity contribution in [2.45, 2.75) is 0 Å². The molecular formula is C15H8ClN3O5. The van der Waals surface area contributed by atoms with Crippen LogP contribution in [0.15, 0.2) is 53.3 Å². The van der Waals surface area contributed by atoms with E-state index < -0.39 is 10.9 Å². The highest BCUT2D eigenvalue weighted by atomic mass is 35.5. The zero-order valence-electron chi connectivity index (χ0n) is 11.9. The zero-order chi connectivity index (χ0) is 17.1. The van der Waals surface area contributed by atoms with Crippen molar-refractivity contribution in [2.24, 2.45) is 0 Å². The fourth-order valence-corrected chi connectivity index (χ4v) is 2.16. The lowest BCUT2D eigenvalue weighted by atomic mass is 10.2. The molecule has 0 amide bonds. The number of non-ortho nitro benzene ring substituents is 1. The number of nitrogens with zero attached hydrogens (tertiary/aromatic N) is 3. The molecule has 2 aromatic carbocycles. The van der Waals surface area contributed by atoms with Crippen molar-refractivity contribution in [3.8, 4) is 17.2 Å². The van der Waals surface area contributed by atoms with Gasteiger partial charge in [0.1, 0.15) is 5.75 Å². The number of hydrogen-bond donors (Lipinski definition) is 0. The van der Waals surface area contributed by atoms with Crippen LogP contribution in [-0.2, 0) is 0 Å². The number of nitro benzene ring substituents is 1. The van der Waals surface area contributed by atoms with Crippen LogP contribution in [-0.4, -0.2) is 21.1 Å². The predicted octanol–water partition coefficient (Wildman–Crippen LogP) is 3.52. The number of esters is 1. The molecule has 0 spiro atoms. The summed E-state index contributed by atoms with van der Waals surface area (Å²) in [5.41, 5.74) is 0.490. The van der Waals surface area contributed by atoms with E-state index in [1.807, 2.05) is 0 Å². The molecule has 0 N–H and O–H groups in total. The van der Waals surface area contributed by atoms with Crippen LogP contribution in [0.2, 0.25) is 5.02 Å². The van der Waals surface area contributed by atoms with Gasteiger partial charge in [0.05, 0.1) is 15.5 Å². The van der Waals surface area contributed by atoms with Crippen molar-refractivity contribution < 1.29 is 18.9 Å². The number of hydrogen-bond acceptors (Lipinski definition) is 7. The van der Waals surface area contributed by atoms with Crippen molar-refractivity contribution in [3.05, 3.63) is 69.6 Å². The lowest BCUT2D eigenvalue weighted by Crippen LogP contribution is -2.09. The second-order valence-corrected chi connectivity index (χ2v) is 4.99. The van der Waals surface area contributed by atoms with E-state index in [0.717, 1.165) is 6.07 Å². The molecule has 3 aromatic rings. The summed E-state index contributed by atoms with van der Waals surface area (Å²) in [6, 6.07) is 9.92. The fourth-order valence-electron chi connectivity index (χ4n) is 1.91. The minimum Gasteiger partial charge on any atom is -0.423 e. The topological polar surface area (TPSA) is 108 Å². The third-order valence-corrected chi connectivity index (χ3v) is 3.37. The van der Waals surface area contributed by atoms with Gasteiger partial charge < -0.3 is 9.15 Å². The van der Waals surface area contributed by atoms with Gasteiger partial charge in [-0.2, -0.15) is 0 Å². The summed E-state index contributed by atoms with van der Waals surface area (Å²) in [6.07, 6.45) is 1.21. The van der Waals surface area contributed by atoms with Crippen LogP contribution in [0.4, 0.5) is 5.69 Å². The Morgan fingerprint density at radius 2 is 1.96 bits per heavy atom. The van der Waals surface area contributed by atoms with Gasteiger partial charge in [0.15, 0.2) is 0 Å². The normalized spacial score (nSPS) is 10.4. The summed E-state index contributed by atoms with van der Waals surface area (Å²) in [5.74, 6) is -0.107. The summed E-state index contributed by atoms with van der Waals surface area (Å²) in [4.78, 5) is 22.2. The molecule has 24 heavy (non-hydrogen) atoms. The standard InChI is InChI=1S/C15H8ClN3O5/c16-13-7-10(19(21)22)3-6-12(13)15(20)24-11-4-1-9(2-5-11)14-18-17-8-23-14/h1-8H. The summed E-state index contributed by atoms with van der Waals surface area (Å²) in [7, 11) is 0. The van der Waals surface area contributed by atoms with E-state index >= 15 is 0 Å². The molecule has 0 saturated carbocycles. The molecule has 120 valence electrons. The molecule has 1 aromatic heterocycles. The fraction of sp³-hybridized carbons (Fsp3) is 0. The third-order valence-electron chi connectivity index (χ3n) is 3.06. The van der Waals surface area contributed by atoms with Gasteiger partial charge >= 0.3 is 5.97 Å². The van der Waals surface area contributed by atoms with Gasteiger partial charge in [-0.25, -0.2) is 4.79 Å². The van der Waals surface area contributed by atoms with Gasteiger partial charge in [-0.05, 0) is 30.3 Å². The van der Waals surface area contributed by atoms with Crippen molar-refractivity contribution >= 4 is 23.3 Å². The smallest absolute Gasteiger partial charge is 0.345 e. The Morgan fingerprint density at radius 3 is 2.54 bits per heavy atom. The second-order valence-electron chi connectivity index (χ2n) is 4.58. The molecule has 0 radical (unpaired) electrons. The average Bonchev–Trinajstić information content (AvgIpc) is 3.09. The Labute approximate surface area is 139 Å². The molecule has 0 saturated heterocycles. The molecule has 8 nitrogen and oxygen atoms in total. The van der Waals surface area contributed by atoms with Crippen LogP contribution in [0.25, 0.3) is 11.5 Å². The van der Waals surface area contributed by atoms with E-state index in [1.165, 1.54) is 18.5 Å². The number of nitro groups is 1. The number of halogens is 1. The van der Waals surface area contributed by atoms with Crippen molar-refractivity contribution in [1.29, 1.82) is 0 Å². The van der Waals surface area contributed by atoms with Crippen molar-refractivity contribution in [3.63, 3.8) is 0 Å². The maximum atomic E-state index is 12.1. The Kier molecular flexibility index (Phi) is 4.21. The molecule has 0 unspecified atom stereocenters. The number of benzene rings is 2. The second kappa shape index (κ2) is 6.47. The molecule has 0 aliphatic rings. The molecule has 9 heteroatoms. The highest BCUT2D eigenvalue weighted by Crippen LogP contribution is 2.25. The molecule has 1 heterocycles. The number of carbonyl (C=O) groups is 1. The van der Waals surface area contributed by atoms with E-state index in [1.54, 1.807) is 24.3 Å². The Morgan fingerprint density at radius 1 is 1.21 bits per heavy atom. The van der Waals surface area contributed by atoms with Crippen LogP contribution in [0.5, 0.6) is 5.75 Å². The zero-order valence-corrected chi connectivity index (χ0v) is 12.6. The molecular weight excluding hydrogens is 338 g/mol. The Hall–Kier alpha value is -3.26. The summed E-state index contributed by atoms with van der Waals surface area (Å²) < 4.78 is 10.2. The van der Waals surface area contributed by atoms with E-state index in [0.29, 0.717) is 11.5 Å². The predicted molar refractivity (Wildman–Crippen MR) is 82.8 cm³/mol. The molecule has 0 aliphatic heterocycles. The number of carbonyl (C=O) groups excluding carboxylic acids is 1. The largest absolute Gasteiger partial charge is 0.423 e. The van der Waals surface area contributed by atoms with Gasteiger partial charge in [0.2, 0.25) is 12.3 Å². The number of aromatic nitrogens is 2. The van der Waals surface area contributed by atoms with E-state index in [2.05, 4.69) is 10.2 Å². The van der Waals surface area contributed by atoms with Crippen molar-refractivity contribution in [1.82, 2.24) is 10.2 Å². The summed E-state index contributed by atoms with van der Waals surface area (Å²) in [6.45, 7) is 0. The molecule has 0 bridgehead atoms. The quantitative estimate of drug-likeness (QED) is 0.308.